The van der Waals surface area contributed by atoms with Crippen molar-refractivity contribution in [3.05, 3.63) is 40.5 Å². The number of nitrogens with zero attached hydrogens (tertiary/aromatic N) is 2. The van der Waals surface area contributed by atoms with Crippen LogP contribution in [-0.4, -0.2) is 25.0 Å². The zero-order valence-electron chi connectivity index (χ0n) is 11.0. The van der Waals surface area contributed by atoms with Crippen molar-refractivity contribution in [2.24, 2.45) is 0 Å². The summed E-state index contributed by atoms with van der Waals surface area (Å²) in [5.74, 6) is 0.356. The summed E-state index contributed by atoms with van der Waals surface area (Å²) < 4.78 is 0. The fraction of sp³-hybridized carbons (Fsp3) is 0.438. The number of fused-ring (bicyclic) bond motifs is 2. The number of hydrogen-bond donors (Lipinski definition) is 0. The van der Waals surface area contributed by atoms with Crippen LogP contribution in [0.5, 0.6) is 0 Å². The molecule has 0 aromatic heterocycles. The molecule has 0 N–H and O–H groups in total. The van der Waals surface area contributed by atoms with E-state index in [1.165, 1.54) is 27.8 Å². The Balaban J connectivity index is 2.12. The van der Waals surface area contributed by atoms with Crippen molar-refractivity contribution in [2.75, 3.05) is 20.1 Å². The molecule has 0 fully saturated rings. The van der Waals surface area contributed by atoms with Crippen LogP contribution in [0.1, 0.15) is 35.4 Å². The molecule has 0 saturated carbocycles. The van der Waals surface area contributed by atoms with Crippen molar-refractivity contribution in [1.82, 2.24) is 4.90 Å². The maximum Gasteiger partial charge on any atom is 0.0631 e. The third-order valence-corrected chi connectivity index (χ3v) is 4.20. The van der Waals surface area contributed by atoms with Gasteiger partial charge in [-0.25, -0.2) is 0 Å². The highest BCUT2D eigenvalue weighted by molar-refractivity contribution is 5.80. The number of nitriles is 1. The van der Waals surface area contributed by atoms with Gasteiger partial charge in [0.1, 0.15) is 0 Å². The van der Waals surface area contributed by atoms with Crippen LogP contribution in [0.25, 0.3) is 5.57 Å². The average Bonchev–Trinajstić information content (AvgIpc) is 2.64. The van der Waals surface area contributed by atoms with Crippen LogP contribution in [0.2, 0.25) is 0 Å². The van der Waals surface area contributed by atoms with Crippen LogP contribution in [0.3, 0.4) is 0 Å². The lowest BCUT2D eigenvalue weighted by molar-refractivity contribution is 0.364. The van der Waals surface area contributed by atoms with E-state index >= 15 is 0 Å². The van der Waals surface area contributed by atoms with Gasteiger partial charge in [-0.05, 0) is 37.1 Å². The van der Waals surface area contributed by atoms with E-state index in [1.54, 1.807) is 0 Å². The molecule has 1 heterocycles. The number of rotatable bonds is 1. The third kappa shape index (κ3) is 1.67. The van der Waals surface area contributed by atoms with Gasteiger partial charge in [-0.1, -0.05) is 29.3 Å². The molecular formula is C16H18N2. The smallest absolute Gasteiger partial charge is 0.0631 e. The Hall–Kier alpha value is -1.59. The Kier molecular flexibility index (Phi) is 2.72. The molecule has 3 rings (SSSR count). The topological polar surface area (TPSA) is 27.0 Å². The number of hydrogen-bond acceptors (Lipinski definition) is 2. The van der Waals surface area contributed by atoms with Crippen molar-refractivity contribution in [1.29, 1.82) is 5.26 Å². The predicted molar refractivity (Wildman–Crippen MR) is 73.2 cm³/mol. The van der Waals surface area contributed by atoms with E-state index in [-0.39, 0.29) is 0 Å². The maximum absolute atomic E-state index is 9.07. The van der Waals surface area contributed by atoms with E-state index in [9.17, 15) is 0 Å². The number of aryl methyl sites for hydroxylation is 1. The van der Waals surface area contributed by atoms with Gasteiger partial charge >= 0.3 is 0 Å². The normalized spacial score (nSPS) is 22.6. The molecule has 2 heteroatoms. The quantitative estimate of drug-likeness (QED) is 0.751. The first-order valence-corrected chi connectivity index (χ1v) is 6.59. The van der Waals surface area contributed by atoms with Crippen LogP contribution < -0.4 is 0 Å². The Morgan fingerprint density at radius 3 is 3.06 bits per heavy atom. The molecule has 0 amide bonds. The Morgan fingerprint density at radius 2 is 2.28 bits per heavy atom. The van der Waals surface area contributed by atoms with E-state index < -0.39 is 0 Å². The third-order valence-electron chi connectivity index (χ3n) is 4.20. The number of benzene rings is 1. The maximum atomic E-state index is 9.07. The van der Waals surface area contributed by atoms with E-state index in [0.717, 1.165) is 19.5 Å². The highest BCUT2D eigenvalue weighted by Crippen LogP contribution is 2.47. The Bertz CT molecular complexity index is 563. The molecule has 0 radical (unpaired) electrons. The van der Waals surface area contributed by atoms with Gasteiger partial charge in [0.15, 0.2) is 0 Å². The molecular weight excluding hydrogens is 220 g/mol. The molecule has 18 heavy (non-hydrogen) atoms. The lowest BCUT2D eigenvalue weighted by Crippen LogP contribution is -2.26. The van der Waals surface area contributed by atoms with Crippen LogP contribution in [0.15, 0.2) is 23.8 Å². The molecule has 0 saturated heterocycles. The highest BCUT2D eigenvalue weighted by atomic mass is 15.1. The Morgan fingerprint density at radius 1 is 1.44 bits per heavy atom. The van der Waals surface area contributed by atoms with Gasteiger partial charge < -0.3 is 4.90 Å². The van der Waals surface area contributed by atoms with Crippen molar-refractivity contribution in [2.45, 2.75) is 25.7 Å². The van der Waals surface area contributed by atoms with Crippen LogP contribution in [-0.2, 0) is 0 Å². The first-order valence-electron chi connectivity index (χ1n) is 6.59. The first-order chi connectivity index (χ1) is 8.70. The van der Waals surface area contributed by atoms with Gasteiger partial charge in [0.05, 0.1) is 6.07 Å². The van der Waals surface area contributed by atoms with Gasteiger partial charge in [-0.2, -0.15) is 5.26 Å². The minimum absolute atomic E-state index is 0.356. The SMILES string of the molecule is Cc1ccc2c(c1)C1=C(CCN(C)C1)C2CC#N. The lowest BCUT2D eigenvalue weighted by atomic mass is 9.90. The van der Waals surface area contributed by atoms with Gasteiger partial charge in [0.25, 0.3) is 0 Å². The van der Waals surface area contributed by atoms with Crippen LogP contribution in [0.4, 0.5) is 0 Å². The lowest BCUT2D eigenvalue weighted by Gasteiger charge is -2.26. The molecule has 1 aromatic carbocycles. The fourth-order valence-corrected chi connectivity index (χ4v) is 3.30. The second-order valence-electron chi connectivity index (χ2n) is 5.50. The first kappa shape index (κ1) is 11.5. The molecule has 1 unspecified atom stereocenters. The summed E-state index contributed by atoms with van der Waals surface area (Å²) in [5.41, 5.74) is 7.10. The molecule has 2 nitrogen and oxygen atoms in total. The van der Waals surface area contributed by atoms with Gasteiger partial charge in [0, 0.05) is 25.4 Å². The second-order valence-corrected chi connectivity index (χ2v) is 5.50. The van der Waals surface area contributed by atoms with Crippen molar-refractivity contribution >= 4 is 5.57 Å². The predicted octanol–water partition coefficient (Wildman–Crippen LogP) is 3.10. The van der Waals surface area contributed by atoms with Crippen LogP contribution >= 0.6 is 0 Å². The summed E-state index contributed by atoms with van der Waals surface area (Å²) in [7, 11) is 2.18. The summed E-state index contributed by atoms with van der Waals surface area (Å²) in [6.07, 6.45) is 1.74. The van der Waals surface area contributed by atoms with Crippen molar-refractivity contribution in [3.8, 4) is 6.07 Å². The monoisotopic (exact) mass is 238 g/mol. The summed E-state index contributed by atoms with van der Waals surface area (Å²) in [4.78, 5) is 2.37. The fourth-order valence-electron chi connectivity index (χ4n) is 3.30. The minimum atomic E-state index is 0.356. The van der Waals surface area contributed by atoms with Gasteiger partial charge in [0.2, 0.25) is 0 Å². The van der Waals surface area contributed by atoms with Crippen LogP contribution in [0, 0.1) is 18.3 Å². The summed E-state index contributed by atoms with van der Waals surface area (Å²) in [6, 6.07) is 9.05. The van der Waals surface area contributed by atoms with E-state index in [1.807, 2.05) is 0 Å². The van der Waals surface area contributed by atoms with Crippen molar-refractivity contribution < 1.29 is 0 Å². The molecule has 2 aliphatic rings. The zero-order chi connectivity index (χ0) is 12.7. The average molecular weight is 238 g/mol. The Labute approximate surface area is 109 Å². The summed E-state index contributed by atoms with van der Waals surface area (Å²) in [6.45, 7) is 4.30. The molecule has 1 aliphatic carbocycles. The minimum Gasteiger partial charge on any atom is -0.302 e. The summed E-state index contributed by atoms with van der Waals surface area (Å²) >= 11 is 0. The summed E-state index contributed by atoms with van der Waals surface area (Å²) in [5, 5.41) is 9.07. The second kappa shape index (κ2) is 4.26. The van der Waals surface area contributed by atoms with Gasteiger partial charge in [-0.3, -0.25) is 0 Å². The molecule has 0 bridgehead atoms. The number of likely N-dealkylation sites (N-methyl/N-ethyl adjacent to an activating group) is 1. The standard InChI is InChI=1S/C16H18N2/c1-11-3-4-12-13(5-7-17)14-6-8-18(2)10-16(14)15(12)9-11/h3-4,9,13H,5-6,8,10H2,1-2H3. The van der Waals surface area contributed by atoms with E-state index in [4.69, 9.17) is 5.26 Å². The molecule has 1 aromatic rings. The highest BCUT2D eigenvalue weighted by Gasteiger charge is 2.33. The van der Waals surface area contributed by atoms with Gasteiger partial charge in [-0.15, -0.1) is 0 Å². The molecule has 0 spiro atoms. The van der Waals surface area contributed by atoms with E-state index in [2.05, 4.69) is 43.1 Å². The zero-order valence-corrected chi connectivity index (χ0v) is 11.0. The largest absolute Gasteiger partial charge is 0.302 e. The van der Waals surface area contributed by atoms with Crippen molar-refractivity contribution in [3.63, 3.8) is 0 Å². The molecule has 92 valence electrons. The van der Waals surface area contributed by atoms with E-state index in [0.29, 0.717) is 12.3 Å². The molecule has 1 aliphatic heterocycles. The molecule has 1 atom stereocenters.